The highest BCUT2D eigenvalue weighted by Crippen LogP contribution is 2.38. The molecule has 0 bridgehead atoms. The maximum atomic E-state index is 11.6. The maximum absolute atomic E-state index is 11.6. The summed E-state index contributed by atoms with van der Waals surface area (Å²) in [5.41, 5.74) is 0.489. The SMILES string of the molecule is CCCC(=O)C1CCC(C)(C)CC1. The van der Waals surface area contributed by atoms with E-state index in [-0.39, 0.29) is 0 Å². The molecule has 13 heavy (non-hydrogen) atoms. The topological polar surface area (TPSA) is 17.1 Å². The Balaban J connectivity index is 2.36. The van der Waals surface area contributed by atoms with Crippen LogP contribution in [0.2, 0.25) is 0 Å². The van der Waals surface area contributed by atoms with E-state index in [9.17, 15) is 4.79 Å². The van der Waals surface area contributed by atoms with Gasteiger partial charge >= 0.3 is 0 Å². The Morgan fingerprint density at radius 3 is 2.31 bits per heavy atom. The first kappa shape index (κ1) is 10.7. The van der Waals surface area contributed by atoms with E-state index in [0.29, 0.717) is 17.1 Å². The molecule has 0 heterocycles. The van der Waals surface area contributed by atoms with Gasteiger partial charge in [0.2, 0.25) is 0 Å². The van der Waals surface area contributed by atoms with E-state index >= 15 is 0 Å². The monoisotopic (exact) mass is 182 g/mol. The average molecular weight is 182 g/mol. The van der Waals surface area contributed by atoms with Gasteiger partial charge in [-0.1, -0.05) is 20.8 Å². The Labute approximate surface area is 81.9 Å². The number of hydrogen-bond acceptors (Lipinski definition) is 1. The zero-order valence-corrected chi connectivity index (χ0v) is 9.23. The van der Waals surface area contributed by atoms with Crippen molar-refractivity contribution >= 4 is 5.78 Å². The lowest BCUT2D eigenvalue weighted by molar-refractivity contribution is -0.124. The molecule has 0 unspecified atom stereocenters. The van der Waals surface area contributed by atoms with E-state index in [1.807, 2.05) is 0 Å². The third-order valence-electron chi connectivity index (χ3n) is 3.29. The molecule has 1 nitrogen and oxygen atoms in total. The Bertz CT molecular complexity index is 172. The predicted octanol–water partition coefficient (Wildman–Crippen LogP) is 3.57. The molecular weight excluding hydrogens is 160 g/mol. The van der Waals surface area contributed by atoms with E-state index in [1.165, 1.54) is 12.8 Å². The molecule has 0 N–H and O–H groups in total. The molecule has 1 aliphatic carbocycles. The fourth-order valence-corrected chi connectivity index (χ4v) is 2.17. The fraction of sp³-hybridized carbons (Fsp3) is 0.917. The van der Waals surface area contributed by atoms with Crippen molar-refractivity contribution in [3.05, 3.63) is 0 Å². The number of ketones is 1. The van der Waals surface area contributed by atoms with Gasteiger partial charge in [0, 0.05) is 12.3 Å². The molecule has 1 heteroatoms. The third-order valence-corrected chi connectivity index (χ3v) is 3.29. The smallest absolute Gasteiger partial charge is 0.135 e. The molecule has 0 aliphatic heterocycles. The van der Waals surface area contributed by atoms with Gasteiger partial charge in [-0.3, -0.25) is 4.79 Å². The molecule has 1 saturated carbocycles. The van der Waals surface area contributed by atoms with Crippen molar-refractivity contribution in [1.82, 2.24) is 0 Å². The first-order valence-corrected chi connectivity index (χ1v) is 5.58. The minimum absolute atomic E-state index is 0.396. The lowest BCUT2D eigenvalue weighted by Crippen LogP contribution is -2.26. The molecule has 0 atom stereocenters. The molecule has 0 amide bonds. The summed E-state index contributed by atoms with van der Waals surface area (Å²) in [6, 6.07) is 0. The molecule has 0 aromatic carbocycles. The second-order valence-electron chi connectivity index (χ2n) is 5.15. The second kappa shape index (κ2) is 4.26. The highest BCUT2D eigenvalue weighted by Gasteiger charge is 2.29. The molecule has 1 fully saturated rings. The van der Waals surface area contributed by atoms with Crippen LogP contribution < -0.4 is 0 Å². The average Bonchev–Trinajstić information content (AvgIpc) is 2.04. The van der Waals surface area contributed by atoms with Crippen LogP contribution in [0.1, 0.15) is 59.3 Å². The Morgan fingerprint density at radius 2 is 1.85 bits per heavy atom. The summed E-state index contributed by atoms with van der Waals surface area (Å²) in [4.78, 5) is 11.6. The van der Waals surface area contributed by atoms with E-state index in [0.717, 1.165) is 25.7 Å². The van der Waals surface area contributed by atoms with Gasteiger partial charge in [-0.15, -0.1) is 0 Å². The van der Waals surface area contributed by atoms with Crippen LogP contribution in [0.4, 0.5) is 0 Å². The van der Waals surface area contributed by atoms with Gasteiger partial charge in [0.05, 0.1) is 0 Å². The van der Waals surface area contributed by atoms with Crippen molar-refractivity contribution in [3.63, 3.8) is 0 Å². The first-order chi connectivity index (χ1) is 6.05. The Kier molecular flexibility index (Phi) is 3.52. The van der Waals surface area contributed by atoms with Gasteiger partial charge in [-0.2, -0.15) is 0 Å². The lowest BCUT2D eigenvalue weighted by Gasteiger charge is -2.33. The highest BCUT2D eigenvalue weighted by atomic mass is 16.1. The Morgan fingerprint density at radius 1 is 1.31 bits per heavy atom. The van der Waals surface area contributed by atoms with Gasteiger partial charge < -0.3 is 0 Å². The van der Waals surface area contributed by atoms with Crippen LogP contribution >= 0.6 is 0 Å². The summed E-state index contributed by atoms with van der Waals surface area (Å²) in [6.45, 7) is 6.71. The largest absolute Gasteiger partial charge is 0.299 e. The molecule has 1 rings (SSSR count). The summed E-state index contributed by atoms with van der Waals surface area (Å²) < 4.78 is 0. The summed E-state index contributed by atoms with van der Waals surface area (Å²) >= 11 is 0. The van der Waals surface area contributed by atoms with E-state index in [2.05, 4.69) is 20.8 Å². The van der Waals surface area contributed by atoms with Gasteiger partial charge in [0.1, 0.15) is 5.78 Å². The van der Waals surface area contributed by atoms with Gasteiger partial charge in [0.25, 0.3) is 0 Å². The summed E-state index contributed by atoms with van der Waals surface area (Å²) in [7, 11) is 0. The van der Waals surface area contributed by atoms with E-state index < -0.39 is 0 Å². The van der Waals surface area contributed by atoms with Crippen LogP contribution in [0.25, 0.3) is 0 Å². The van der Waals surface area contributed by atoms with Crippen LogP contribution in [0.3, 0.4) is 0 Å². The predicted molar refractivity (Wildman–Crippen MR) is 55.7 cm³/mol. The molecule has 76 valence electrons. The van der Waals surface area contributed by atoms with Gasteiger partial charge in [0.15, 0.2) is 0 Å². The van der Waals surface area contributed by atoms with Crippen molar-refractivity contribution in [2.45, 2.75) is 59.3 Å². The van der Waals surface area contributed by atoms with Crippen molar-refractivity contribution < 1.29 is 4.79 Å². The van der Waals surface area contributed by atoms with Crippen LogP contribution in [0, 0.1) is 11.3 Å². The molecule has 0 spiro atoms. The second-order valence-corrected chi connectivity index (χ2v) is 5.15. The maximum Gasteiger partial charge on any atom is 0.135 e. The van der Waals surface area contributed by atoms with Crippen LogP contribution in [0.15, 0.2) is 0 Å². The lowest BCUT2D eigenvalue weighted by atomic mass is 9.71. The van der Waals surface area contributed by atoms with Crippen LogP contribution in [0.5, 0.6) is 0 Å². The summed E-state index contributed by atoms with van der Waals surface area (Å²) in [5.74, 6) is 0.908. The molecule has 1 aliphatic rings. The van der Waals surface area contributed by atoms with Gasteiger partial charge in [-0.25, -0.2) is 0 Å². The highest BCUT2D eigenvalue weighted by molar-refractivity contribution is 5.80. The first-order valence-electron chi connectivity index (χ1n) is 5.58. The number of hydrogen-bond donors (Lipinski definition) is 0. The fourth-order valence-electron chi connectivity index (χ4n) is 2.17. The van der Waals surface area contributed by atoms with Crippen LogP contribution in [-0.2, 0) is 4.79 Å². The van der Waals surface area contributed by atoms with Crippen molar-refractivity contribution in [2.24, 2.45) is 11.3 Å². The summed E-state index contributed by atoms with van der Waals surface area (Å²) in [5, 5.41) is 0. The summed E-state index contributed by atoms with van der Waals surface area (Å²) in [6.07, 6.45) is 6.53. The number of carbonyl (C=O) groups is 1. The molecule has 0 aromatic heterocycles. The van der Waals surface area contributed by atoms with Crippen molar-refractivity contribution in [3.8, 4) is 0 Å². The van der Waals surface area contributed by atoms with Gasteiger partial charge in [-0.05, 0) is 37.5 Å². The third kappa shape index (κ3) is 3.13. The normalized spacial score (nSPS) is 23.0. The minimum Gasteiger partial charge on any atom is -0.299 e. The molecule has 0 saturated heterocycles. The quantitative estimate of drug-likeness (QED) is 0.652. The number of Topliss-reactive ketones (excluding diaryl/α,β-unsaturated/α-hetero) is 1. The molecule has 0 radical (unpaired) electrons. The zero-order chi connectivity index (χ0) is 9.90. The van der Waals surface area contributed by atoms with Crippen molar-refractivity contribution in [2.75, 3.05) is 0 Å². The molecular formula is C12H22O. The van der Waals surface area contributed by atoms with Crippen molar-refractivity contribution in [1.29, 1.82) is 0 Å². The number of carbonyl (C=O) groups excluding carboxylic acids is 1. The zero-order valence-electron chi connectivity index (χ0n) is 9.23. The minimum atomic E-state index is 0.396. The van der Waals surface area contributed by atoms with Crippen LogP contribution in [-0.4, -0.2) is 5.78 Å². The van der Waals surface area contributed by atoms with E-state index in [1.54, 1.807) is 0 Å². The molecule has 0 aromatic rings. The van der Waals surface area contributed by atoms with E-state index in [4.69, 9.17) is 0 Å². The standard InChI is InChI=1S/C12H22O/c1-4-5-11(13)10-6-8-12(2,3)9-7-10/h10H,4-9H2,1-3H3. The Hall–Kier alpha value is -0.330. The number of rotatable bonds is 3.